The number of likely N-dealkylation sites (tertiary alicyclic amines) is 1. The lowest BCUT2D eigenvalue weighted by atomic mass is 10.2. The molecule has 0 spiro atoms. The molecule has 0 unspecified atom stereocenters. The number of nitrogens with one attached hydrogen (secondary N) is 3. The van der Waals surface area contributed by atoms with Crippen LogP contribution in [-0.4, -0.2) is 52.2 Å². The Morgan fingerprint density at radius 2 is 1.95 bits per heavy atom. The average Bonchev–Trinajstić information content (AvgIpc) is 2.72. The van der Waals surface area contributed by atoms with E-state index in [1.54, 1.807) is 0 Å². The maximum atomic E-state index is 11.6. The number of carbonyl (C=O) groups excluding carboxylic acids is 1. The Morgan fingerprint density at radius 3 is 2.62 bits per heavy atom. The van der Waals surface area contributed by atoms with Gasteiger partial charge in [0.05, 0.1) is 6.42 Å². The molecule has 7 nitrogen and oxygen atoms in total. The zero-order chi connectivity index (χ0) is 14.9. The Morgan fingerprint density at radius 1 is 1.19 bits per heavy atom. The van der Waals surface area contributed by atoms with Gasteiger partial charge in [-0.1, -0.05) is 12.8 Å². The van der Waals surface area contributed by atoms with Gasteiger partial charge in [-0.25, -0.2) is 9.89 Å². The number of amides is 1. The molecule has 0 aromatic carbocycles. The summed E-state index contributed by atoms with van der Waals surface area (Å²) in [6, 6.07) is 0. The van der Waals surface area contributed by atoms with Gasteiger partial charge in [-0.3, -0.25) is 9.78 Å². The summed E-state index contributed by atoms with van der Waals surface area (Å²) in [5, 5.41) is 8.81. The molecule has 0 atom stereocenters. The molecule has 21 heavy (non-hydrogen) atoms. The van der Waals surface area contributed by atoms with Gasteiger partial charge < -0.3 is 10.2 Å². The lowest BCUT2D eigenvalue weighted by Crippen LogP contribution is -2.29. The minimum absolute atomic E-state index is 0.104. The summed E-state index contributed by atoms with van der Waals surface area (Å²) >= 11 is 0. The Hall–Kier alpha value is -1.63. The summed E-state index contributed by atoms with van der Waals surface area (Å²) in [5.74, 6) is 0.273. The van der Waals surface area contributed by atoms with Crippen molar-refractivity contribution in [1.82, 2.24) is 25.4 Å². The first-order chi connectivity index (χ1) is 10.2. The van der Waals surface area contributed by atoms with Crippen LogP contribution in [0.2, 0.25) is 0 Å². The largest absolute Gasteiger partial charge is 0.356 e. The maximum Gasteiger partial charge on any atom is 0.340 e. The summed E-state index contributed by atoms with van der Waals surface area (Å²) in [7, 11) is 0. The summed E-state index contributed by atoms with van der Waals surface area (Å²) < 4.78 is 0. The fraction of sp³-hybridized carbons (Fsp3) is 0.786. The summed E-state index contributed by atoms with van der Waals surface area (Å²) in [6.45, 7) is 4.25. The Kier molecular flexibility index (Phi) is 6.46. The number of aromatic nitrogens is 3. The van der Waals surface area contributed by atoms with Crippen LogP contribution in [0.5, 0.6) is 0 Å². The van der Waals surface area contributed by atoms with Crippen molar-refractivity contribution in [2.75, 3.05) is 26.2 Å². The zero-order valence-corrected chi connectivity index (χ0v) is 12.5. The highest BCUT2D eigenvalue weighted by Gasteiger charge is 2.09. The number of hydrogen-bond acceptors (Lipinski definition) is 4. The number of hydrogen-bond donors (Lipinski definition) is 3. The van der Waals surface area contributed by atoms with Crippen LogP contribution >= 0.6 is 0 Å². The van der Waals surface area contributed by atoms with Gasteiger partial charge in [0, 0.05) is 6.54 Å². The van der Waals surface area contributed by atoms with E-state index < -0.39 is 0 Å². The van der Waals surface area contributed by atoms with Crippen LogP contribution in [0.25, 0.3) is 0 Å². The molecule has 118 valence electrons. The fourth-order valence-electron chi connectivity index (χ4n) is 2.65. The topological polar surface area (TPSA) is 93.9 Å². The number of nitrogens with zero attached hydrogens (tertiary/aromatic N) is 2. The van der Waals surface area contributed by atoms with Gasteiger partial charge in [0.1, 0.15) is 5.82 Å². The van der Waals surface area contributed by atoms with Gasteiger partial charge >= 0.3 is 5.69 Å². The van der Waals surface area contributed by atoms with Crippen LogP contribution in [0.3, 0.4) is 0 Å². The standard InChI is InChI=1S/C14H25N5O2/c20-13(11-12-16-14(21)18-17-12)15-7-3-6-10-19-8-4-1-2-5-9-19/h1-11H2,(H,15,20)(H2,16,17,18,21). The normalized spacial score (nSPS) is 16.6. The van der Waals surface area contributed by atoms with E-state index in [9.17, 15) is 9.59 Å². The second-order valence-electron chi connectivity index (χ2n) is 5.61. The number of rotatable bonds is 7. The molecule has 1 fully saturated rings. The minimum Gasteiger partial charge on any atom is -0.356 e. The lowest BCUT2D eigenvalue weighted by molar-refractivity contribution is -0.120. The van der Waals surface area contributed by atoms with Crippen molar-refractivity contribution in [3.8, 4) is 0 Å². The van der Waals surface area contributed by atoms with Gasteiger partial charge in [0.25, 0.3) is 0 Å². The van der Waals surface area contributed by atoms with Gasteiger partial charge in [-0.15, -0.1) is 0 Å². The second kappa shape index (κ2) is 8.61. The van der Waals surface area contributed by atoms with Crippen molar-refractivity contribution in [3.63, 3.8) is 0 Å². The predicted octanol–water partition coefficient (Wildman–Crippen LogP) is 0.413. The average molecular weight is 295 g/mol. The third-order valence-corrected chi connectivity index (χ3v) is 3.80. The summed E-state index contributed by atoms with van der Waals surface area (Å²) in [5.41, 5.74) is -0.379. The molecule has 0 saturated carbocycles. The molecule has 1 amide bonds. The summed E-state index contributed by atoms with van der Waals surface area (Å²) in [6.07, 6.45) is 7.57. The molecule has 3 N–H and O–H groups in total. The smallest absolute Gasteiger partial charge is 0.340 e. The highest BCUT2D eigenvalue weighted by Crippen LogP contribution is 2.10. The van der Waals surface area contributed by atoms with E-state index in [1.165, 1.54) is 38.8 Å². The van der Waals surface area contributed by atoms with Gasteiger partial charge in [-0.2, -0.15) is 5.10 Å². The van der Waals surface area contributed by atoms with Crippen molar-refractivity contribution < 1.29 is 4.79 Å². The second-order valence-corrected chi connectivity index (χ2v) is 5.61. The zero-order valence-electron chi connectivity index (χ0n) is 12.5. The molecular formula is C14H25N5O2. The SMILES string of the molecule is O=C(Cc1n[nH]c(=O)[nH]1)NCCCCN1CCCCCC1. The molecule has 1 aliphatic rings. The van der Waals surface area contributed by atoms with Crippen molar-refractivity contribution in [2.24, 2.45) is 0 Å². The number of aromatic amines is 2. The first-order valence-corrected chi connectivity index (χ1v) is 7.86. The van der Waals surface area contributed by atoms with Gasteiger partial charge in [0.2, 0.25) is 5.91 Å². The molecule has 2 heterocycles. The van der Waals surface area contributed by atoms with E-state index in [0.717, 1.165) is 19.4 Å². The maximum absolute atomic E-state index is 11.6. The van der Waals surface area contributed by atoms with E-state index >= 15 is 0 Å². The molecule has 2 rings (SSSR count). The third kappa shape index (κ3) is 6.12. The number of unbranched alkanes of at least 4 members (excludes halogenated alkanes) is 1. The lowest BCUT2D eigenvalue weighted by Gasteiger charge is -2.19. The fourth-order valence-corrected chi connectivity index (χ4v) is 2.65. The van der Waals surface area contributed by atoms with Crippen LogP contribution in [-0.2, 0) is 11.2 Å². The number of carbonyl (C=O) groups is 1. The first-order valence-electron chi connectivity index (χ1n) is 7.86. The Balaban J connectivity index is 1.52. The van der Waals surface area contributed by atoms with Gasteiger partial charge in [-0.05, 0) is 45.3 Å². The van der Waals surface area contributed by atoms with Crippen LogP contribution in [0.15, 0.2) is 4.79 Å². The Bertz CT molecular complexity index is 474. The van der Waals surface area contributed by atoms with Crippen molar-refractivity contribution >= 4 is 5.91 Å². The van der Waals surface area contributed by atoms with Crippen LogP contribution in [0, 0.1) is 0 Å². The molecule has 1 aliphatic heterocycles. The molecular weight excluding hydrogens is 270 g/mol. The van der Waals surface area contributed by atoms with E-state index in [4.69, 9.17) is 0 Å². The minimum atomic E-state index is -0.379. The van der Waals surface area contributed by atoms with E-state index in [1.807, 2.05) is 0 Å². The quantitative estimate of drug-likeness (QED) is 0.635. The van der Waals surface area contributed by atoms with Crippen LogP contribution in [0.1, 0.15) is 44.3 Å². The van der Waals surface area contributed by atoms with E-state index in [-0.39, 0.29) is 18.0 Å². The molecule has 0 radical (unpaired) electrons. The highest BCUT2D eigenvalue weighted by atomic mass is 16.2. The molecule has 0 bridgehead atoms. The third-order valence-electron chi connectivity index (χ3n) is 3.80. The molecule has 1 saturated heterocycles. The molecule has 7 heteroatoms. The monoisotopic (exact) mass is 295 g/mol. The van der Waals surface area contributed by atoms with Crippen molar-refractivity contribution in [1.29, 1.82) is 0 Å². The summed E-state index contributed by atoms with van der Waals surface area (Å²) in [4.78, 5) is 27.5. The van der Waals surface area contributed by atoms with Gasteiger partial charge in [0.15, 0.2) is 0 Å². The van der Waals surface area contributed by atoms with E-state index in [2.05, 4.69) is 25.4 Å². The molecule has 1 aromatic heterocycles. The number of H-pyrrole nitrogens is 2. The first kappa shape index (κ1) is 15.8. The highest BCUT2D eigenvalue weighted by molar-refractivity contribution is 5.77. The van der Waals surface area contributed by atoms with E-state index in [0.29, 0.717) is 12.4 Å². The van der Waals surface area contributed by atoms with Crippen LogP contribution in [0.4, 0.5) is 0 Å². The molecule has 0 aliphatic carbocycles. The Labute approximate surface area is 124 Å². The van der Waals surface area contributed by atoms with Crippen molar-refractivity contribution in [2.45, 2.75) is 44.9 Å². The molecule has 1 aromatic rings. The predicted molar refractivity (Wildman–Crippen MR) is 80.1 cm³/mol. The van der Waals surface area contributed by atoms with Crippen LogP contribution < -0.4 is 11.0 Å². The van der Waals surface area contributed by atoms with Crippen molar-refractivity contribution in [3.05, 3.63) is 16.3 Å².